The number of benzene rings is 4. The second kappa shape index (κ2) is 19.7. The van der Waals surface area contributed by atoms with Crippen LogP contribution < -0.4 is 10.9 Å². The van der Waals surface area contributed by atoms with Gasteiger partial charge in [0.1, 0.15) is 0 Å². The van der Waals surface area contributed by atoms with Crippen molar-refractivity contribution in [3.63, 3.8) is 0 Å². The number of hydrogen-bond donors (Lipinski definition) is 2. The first-order valence-corrected chi connectivity index (χ1v) is 21.9. The van der Waals surface area contributed by atoms with Crippen LogP contribution in [0.2, 0.25) is 30.1 Å². The van der Waals surface area contributed by atoms with Crippen LogP contribution in [-0.2, 0) is 0 Å². The van der Waals surface area contributed by atoms with Crippen LogP contribution in [0.15, 0.2) is 84.9 Å². The number of piperidine rings is 2. The van der Waals surface area contributed by atoms with Gasteiger partial charge in [-0.1, -0.05) is 107 Å². The van der Waals surface area contributed by atoms with Gasteiger partial charge in [0.25, 0.3) is 11.8 Å². The molecule has 60 heavy (non-hydrogen) atoms. The van der Waals surface area contributed by atoms with Gasteiger partial charge in [0, 0.05) is 68.5 Å². The highest BCUT2D eigenvalue weighted by Gasteiger charge is 2.27. The Hall–Kier alpha value is -4.10. The van der Waals surface area contributed by atoms with Crippen molar-refractivity contribution in [1.29, 1.82) is 0 Å². The minimum atomic E-state index is -0.228. The summed E-state index contributed by atoms with van der Waals surface area (Å²) in [6.45, 7) is 7.17. The normalized spacial score (nSPS) is 14.7. The van der Waals surface area contributed by atoms with Crippen molar-refractivity contribution in [2.24, 2.45) is 0 Å². The molecule has 4 heterocycles. The SMILES string of the molecule is Cc1c(C(=O)NN2CCCCC2)nn(-c2ccc(Cl)cc2Cl)c1-c1ccc(Cl)cc1.Cc1c(C(=O)NN2CCCCC2)nn(-c2ccc(Cl)cc2Cl)c1-c1ccc(Cl)cc1. The summed E-state index contributed by atoms with van der Waals surface area (Å²) in [5.74, 6) is -0.457. The number of nitrogens with zero attached hydrogens (tertiary/aromatic N) is 6. The molecule has 0 atom stereocenters. The molecule has 16 heteroatoms. The van der Waals surface area contributed by atoms with Crippen LogP contribution in [0.5, 0.6) is 0 Å². The fourth-order valence-corrected chi connectivity index (χ4v) is 8.60. The molecule has 2 amide bonds. The van der Waals surface area contributed by atoms with Crippen molar-refractivity contribution in [2.75, 3.05) is 26.2 Å². The Morgan fingerprint density at radius 3 is 1.15 bits per heavy atom. The molecule has 2 aliphatic rings. The standard InChI is InChI=1S/2C22H21Cl3N4O/c2*1-14-20(22(30)27-28-11-3-2-4-12-28)26-29(19-10-9-17(24)13-18(19)25)21(14)15-5-7-16(23)8-6-15/h2*5-10,13H,2-4,11-12H2,1H3,(H,27,30). The van der Waals surface area contributed by atoms with Gasteiger partial charge in [-0.15, -0.1) is 0 Å². The van der Waals surface area contributed by atoms with Crippen LogP contribution in [0.1, 0.15) is 70.6 Å². The van der Waals surface area contributed by atoms with E-state index in [-0.39, 0.29) is 11.8 Å². The van der Waals surface area contributed by atoms with Gasteiger partial charge in [0.2, 0.25) is 0 Å². The summed E-state index contributed by atoms with van der Waals surface area (Å²) in [6, 6.07) is 25.3. The molecule has 8 rings (SSSR count). The Kier molecular flexibility index (Phi) is 14.5. The Balaban J connectivity index is 0.000000181. The van der Waals surface area contributed by atoms with Crippen LogP contribution >= 0.6 is 69.6 Å². The van der Waals surface area contributed by atoms with Gasteiger partial charge >= 0.3 is 0 Å². The molecule has 2 aromatic heterocycles. The van der Waals surface area contributed by atoms with Crippen molar-refractivity contribution in [3.8, 4) is 33.9 Å². The quantitative estimate of drug-likeness (QED) is 0.158. The highest BCUT2D eigenvalue weighted by Crippen LogP contribution is 2.35. The first-order chi connectivity index (χ1) is 28.9. The monoisotopic (exact) mass is 924 g/mol. The topological polar surface area (TPSA) is 100 Å². The maximum atomic E-state index is 13.1. The molecule has 2 saturated heterocycles. The molecule has 312 valence electrons. The molecule has 2 fully saturated rings. The zero-order chi connectivity index (χ0) is 42.5. The lowest BCUT2D eigenvalue weighted by atomic mass is 10.1. The third kappa shape index (κ3) is 10.2. The summed E-state index contributed by atoms with van der Waals surface area (Å²) < 4.78 is 3.39. The predicted molar refractivity (Wildman–Crippen MR) is 243 cm³/mol. The van der Waals surface area contributed by atoms with Crippen molar-refractivity contribution in [2.45, 2.75) is 52.4 Å². The number of hydrazine groups is 2. The summed E-state index contributed by atoms with van der Waals surface area (Å²) in [6.07, 6.45) is 6.67. The van der Waals surface area contributed by atoms with Crippen molar-refractivity contribution in [3.05, 3.63) is 138 Å². The molecular formula is C44H42Cl6N8O2. The maximum absolute atomic E-state index is 13.1. The lowest BCUT2D eigenvalue weighted by molar-refractivity contribution is 0.0736. The summed E-state index contributed by atoms with van der Waals surface area (Å²) >= 11 is 37.2. The maximum Gasteiger partial charge on any atom is 0.286 e. The van der Waals surface area contributed by atoms with Crippen molar-refractivity contribution >= 4 is 81.4 Å². The number of nitrogens with one attached hydrogen (secondary N) is 2. The van der Waals surface area contributed by atoms with E-state index >= 15 is 0 Å². The molecule has 6 aromatic rings. The van der Waals surface area contributed by atoms with Gasteiger partial charge in [0.15, 0.2) is 11.4 Å². The van der Waals surface area contributed by atoms with Crippen LogP contribution in [0.4, 0.5) is 0 Å². The molecule has 2 aliphatic heterocycles. The zero-order valence-corrected chi connectivity index (χ0v) is 37.5. The zero-order valence-electron chi connectivity index (χ0n) is 32.9. The first kappa shape index (κ1) is 44.0. The van der Waals surface area contributed by atoms with Gasteiger partial charge in [-0.25, -0.2) is 19.4 Å². The largest absolute Gasteiger partial charge is 0.286 e. The number of rotatable bonds is 8. The van der Waals surface area contributed by atoms with Crippen LogP contribution in [-0.4, -0.2) is 67.6 Å². The average Bonchev–Trinajstić information content (AvgIpc) is 3.76. The molecule has 0 unspecified atom stereocenters. The van der Waals surface area contributed by atoms with Gasteiger partial charge in [-0.2, -0.15) is 10.2 Å². The average molecular weight is 928 g/mol. The molecule has 0 radical (unpaired) electrons. The third-order valence-corrected chi connectivity index (χ3v) is 12.0. The Morgan fingerprint density at radius 2 is 0.817 bits per heavy atom. The third-order valence-electron chi connectivity index (χ3n) is 10.4. The van der Waals surface area contributed by atoms with Crippen molar-refractivity contribution in [1.82, 2.24) is 40.4 Å². The summed E-state index contributed by atoms with van der Waals surface area (Å²) in [4.78, 5) is 26.1. The molecule has 0 bridgehead atoms. The van der Waals surface area contributed by atoms with E-state index < -0.39 is 0 Å². The van der Waals surface area contributed by atoms with E-state index in [4.69, 9.17) is 69.6 Å². The van der Waals surface area contributed by atoms with Crippen molar-refractivity contribution < 1.29 is 9.59 Å². The highest BCUT2D eigenvalue weighted by atomic mass is 35.5. The molecule has 10 nitrogen and oxygen atoms in total. The summed E-state index contributed by atoms with van der Waals surface area (Å²) in [7, 11) is 0. The first-order valence-electron chi connectivity index (χ1n) is 19.6. The Bertz CT molecular complexity index is 2320. The fraction of sp³-hybridized carbons (Fsp3) is 0.273. The predicted octanol–water partition coefficient (Wildman–Crippen LogP) is 11.9. The van der Waals surface area contributed by atoms with E-state index in [1.54, 1.807) is 45.8 Å². The second-order valence-corrected chi connectivity index (χ2v) is 17.2. The number of aromatic nitrogens is 4. The Labute approximate surface area is 379 Å². The van der Waals surface area contributed by atoms with Gasteiger partial charge in [-0.05, 0) is 100 Å². The summed E-state index contributed by atoms with van der Waals surface area (Å²) in [5, 5.41) is 16.4. The van der Waals surface area contributed by atoms with Gasteiger partial charge in [-0.3, -0.25) is 20.4 Å². The molecule has 4 aromatic carbocycles. The van der Waals surface area contributed by atoms with Gasteiger partial charge < -0.3 is 0 Å². The smallest absolute Gasteiger partial charge is 0.283 e. The molecule has 0 spiro atoms. The summed E-state index contributed by atoms with van der Waals surface area (Å²) in [5.41, 5.74) is 12.8. The number of amides is 2. The number of halogens is 6. The molecule has 2 N–H and O–H groups in total. The number of carbonyl (C=O) groups is 2. The minimum Gasteiger partial charge on any atom is -0.283 e. The van der Waals surface area contributed by atoms with Crippen LogP contribution in [0.3, 0.4) is 0 Å². The fourth-order valence-electron chi connectivity index (χ4n) is 7.38. The highest BCUT2D eigenvalue weighted by molar-refractivity contribution is 6.36. The lowest BCUT2D eigenvalue weighted by Crippen LogP contribution is -2.45. The molecule has 0 saturated carbocycles. The van der Waals surface area contributed by atoms with E-state index in [1.165, 1.54) is 12.8 Å². The van der Waals surface area contributed by atoms with E-state index in [1.807, 2.05) is 72.4 Å². The van der Waals surface area contributed by atoms with Gasteiger partial charge in [0.05, 0.1) is 32.8 Å². The second-order valence-electron chi connectivity index (χ2n) is 14.7. The Morgan fingerprint density at radius 1 is 0.483 bits per heavy atom. The molecular weight excluding hydrogens is 885 g/mol. The van der Waals surface area contributed by atoms with E-state index in [2.05, 4.69) is 21.0 Å². The number of carbonyl (C=O) groups excluding carboxylic acids is 2. The van der Waals surface area contributed by atoms with E-state index in [9.17, 15) is 9.59 Å². The lowest BCUT2D eigenvalue weighted by Gasteiger charge is -2.26. The number of hydrogen-bond acceptors (Lipinski definition) is 6. The van der Waals surface area contributed by atoms with Crippen LogP contribution in [0.25, 0.3) is 33.9 Å². The van der Waals surface area contributed by atoms with E-state index in [0.29, 0.717) is 52.9 Å². The minimum absolute atomic E-state index is 0.228. The molecule has 0 aliphatic carbocycles. The van der Waals surface area contributed by atoms with E-state index in [0.717, 1.165) is 85.5 Å². The van der Waals surface area contributed by atoms with Crippen LogP contribution in [0, 0.1) is 13.8 Å².